The molecule has 0 spiro atoms. The topological polar surface area (TPSA) is 68.0 Å². The molecule has 3 N–H and O–H groups in total. The average Bonchev–Trinajstić information content (AvgIpc) is 2.46. The highest BCUT2D eigenvalue weighted by Crippen LogP contribution is 2.30. The van der Waals surface area contributed by atoms with Gasteiger partial charge in [0.15, 0.2) is 0 Å². The van der Waals surface area contributed by atoms with Crippen LogP contribution in [0.3, 0.4) is 0 Å². The zero-order valence-electron chi connectivity index (χ0n) is 10.3. The van der Waals surface area contributed by atoms with E-state index < -0.39 is 0 Å². The number of pyridine rings is 1. The molecule has 0 saturated heterocycles. The van der Waals surface area contributed by atoms with Gasteiger partial charge in [0.1, 0.15) is 5.03 Å². The smallest absolute Gasteiger partial charge is 0.265 e. The fourth-order valence-electron chi connectivity index (χ4n) is 1.51. The Morgan fingerprint density at radius 2 is 2.10 bits per heavy atom. The van der Waals surface area contributed by atoms with Crippen LogP contribution in [-0.2, 0) is 5.75 Å². The van der Waals surface area contributed by atoms with Gasteiger partial charge in [0, 0.05) is 26.5 Å². The summed E-state index contributed by atoms with van der Waals surface area (Å²) in [5, 5.41) is 0.933. The van der Waals surface area contributed by atoms with Crippen LogP contribution in [0.15, 0.2) is 50.5 Å². The summed E-state index contributed by atoms with van der Waals surface area (Å²) in [4.78, 5) is 15.7. The summed E-state index contributed by atoms with van der Waals surface area (Å²) in [5.41, 5.74) is 3.72. The third kappa shape index (κ3) is 3.82. The molecule has 1 aromatic heterocycles. The van der Waals surface area contributed by atoms with Gasteiger partial charge in [-0.05, 0) is 45.8 Å². The molecule has 0 bridgehead atoms. The Kier molecular flexibility index (Phi) is 5.59. The van der Waals surface area contributed by atoms with Crippen LogP contribution >= 0.6 is 43.6 Å². The van der Waals surface area contributed by atoms with Gasteiger partial charge < -0.3 is 0 Å². The Bertz CT molecular complexity index is 637. The number of benzene rings is 1. The van der Waals surface area contributed by atoms with E-state index in [1.165, 1.54) is 0 Å². The van der Waals surface area contributed by atoms with Gasteiger partial charge in [0.25, 0.3) is 5.91 Å². The summed E-state index contributed by atoms with van der Waals surface area (Å²) in [6.45, 7) is 0. The molecular formula is C13H11Br2N3OS. The molecule has 1 heterocycles. The summed E-state index contributed by atoms with van der Waals surface area (Å²) >= 11 is 8.56. The van der Waals surface area contributed by atoms with E-state index in [4.69, 9.17) is 5.84 Å². The molecule has 0 saturated carbocycles. The molecule has 0 aliphatic heterocycles. The zero-order valence-corrected chi connectivity index (χ0v) is 14.3. The van der Waals surface area contributed by atoms with Crippen LogP contribution in [0.5, 0.6) is 0 Å². The Morgan fingerprint density at radius 1 is 1.30 bits per heavy atom. The lowest BCUT2D eigenvalue weighted by molar-refractivity contribution is 0.0953. The van der Waals surface area contributed by atoms with E-state index in [1.54, 1.807) is 30.1 Å². The fraction of sp³-hybridized carbons (Fsp3) is 0.0769. The lowest BCUT2D eigenvalue weighted by Crippen LogP contribution is -2.29. The second-order valence-electron chi connectivity index (χ2n) is 3.86. The molecule has 4 nitrogen and oxygen atoms in total. The maximum Gasteiger partial charge on any atom is 0.265 e. The highest BCUT2D eigenvalue weighted by atomic mass is 79.9. The van der Waals surface area contributed by atoms with E-state index in [-0.39, 0.29) is 5.91 Å². The van der Waals surface area contributed by atoms with Crippen molar-refractivity contribution in [2.45, 2.75) is 10.8 Å². The molecule has 1 aromatic carbocycles. The molecule has 2 rings (SSSR count). The number of rotatable bonds is 4. The van der Waals surface area contributed by atoms with Crippen molar-refractivity contribution in [3.8, 4) is 0 Å². The standard InChI is InChI=1S/C13H11Br2N3OS/c14-10-2-1-5-17-13(10)20-7-9-4-3-8(6-11(9)15)12(19)18-16/h1-6H,7,16H2,(H,18,19). The Morgan fingerprint density at radius 3 is 2.75 bits per heavy atom. The van der Waals surface area contributed by atoms with Gasteiger partial charge >= 0.3 is 0 Å². The molecule has 1 amide bonds. The van der Waals surface area contributed by atoms with Crippen molar-refractivity contribution in [3.63, 3.8) is 0 Å². The Hall–Kier alpha value is -0.890. The molecule has 0 radical (unpaired) electrons. The number of nitrogen functional groups attached to an aromatic ring is 1. The van der Waals surface area contributed by atoms with Gasteiger partial charge in [-0.3, -0.25) is 10.2 Å². The minimum Gasteiger partial charge on any atom is -0.290 e. The predicted molar refractivity (Wildman–Crippen MR) is 87.3 cm³/mol. The van der Waals surface area contributed by atoms with Gasteiger partial charge in [0.2, 0.25) is 0 Å². The molecule has 0 aliphatic rings. The third-order valence-corrected chi connectivity index (χ3v) is 5.23. The molecule has 0 aliphatic carbocycles. The van der Waals surface area contributed by atoms with Crippen molar-refractivity contribution < 1.29 is 4.79 Å². The SMILES string of the molecule is NNC(=O)c1ccc(CSc2ncccc2Br)c(Br)c1. The largest absolute Gasteiger partial charge is 0.290 e. The normalized spacial score (nSPS) is 10.3. The maximum atomic E-state index is 11.4. The number of aromatic nitrogens is 1. The highest BCUT2D eigenvalue weighted by molar-refractivity contribution is 9.10. The minimum atomic E-state index is -0.308. The Labute approximate surface area is 137 Å². The van der Waals surface area contributed by atoms with Crippen molar-refractivity contribution in [2.24, 2.45) is 5.84 Å². The predicted octanol–water partition coefficient (Wildman–Crippen LogP) is 3.50. The van der Waals surface area contributed by atoms with Crippen LogP contribution < -0.4 is 11.3 Å². The minimum absolute atomic E-state index is 0.308. The lowest BCUT2D eigenvalue weighted by Gasteiger charge is -2.07. The first-order valence-corrected chi connectivity index (χ1v) is 8.21. The second-order valence-corrected chi connectivity index (χ2v) is 6.53. The van der Waals surface area contributed by atoms with E-state index >= 15 is 0 Å². The number of carbonyl (C=O) groups excluding carboxylic acids is 1. The summed E-state index contributed by atoms with van der Waals surface area (Å²) in [6, 6.07) is 9.24. The average molecular weight is 417 g/mol. The number of hydrazine groups is 1. The zero-order chi connectivity index (χ0) is 14.5. The van der Waals surface area contributed by atoms with E-state index in [9.17, 15) is 4.79 Å². The van der Waals surface area contributed by atoms with Crippen LogP contribution in [0.1, 0.15) is 15.9 Å². The number of carbonyl (C=O) groups is 1. The number of nitrogens with two attached hydrogens (primary N) is 1. The van der Waals surface area contributed by atoms with Crippen LogP contribution in [0.4, 0.5) is 0 Å². The van der Waals surface area contributed by atoms with E-state index in [1.807, 2.05) is 18.2 Å². The van der Waals surface area contributed by atoms with Crippen LogP contribution in [0.2, 0.25) is 0 Å². The van der Waals surface area contributed by atoms with Crippen LogP contribution in [0, 0.1) is 0 Å². The number of amides is 1. The van der Waals surface area contributed by atoms with Crippen molar-refractivity contribution in [1.29, 1.82) is 0 Å². The van der Waals surface area contributed by atoms with E-state index in [0.717, 1.165) is 25.3 Å². The lowest BCUT2D eigenvalue weighted by atomic mass is 10.1. The molecule has 0 fully saturated rings. The summed E-state index contributed by atoms with van der Waals surface area (Å²) < 4.78 is 1.85. The van der Waals surface area contributed by atoms with Gasteiger partial charge in [0.05, 0.1) is 0 Å². The van der Waals surface area contributed by atoms with Crippen LogP contribution in [0.25, 0.3) is 0 Å². The number of halogens is 2. The second kappa shape index (κ2) is 7.21. The first-order valence-electron chi connectivity index (χ1n) is 5.64. The molecule has 0 atom stereocenters. The van der Waals surface area contributed by atoms with Crippen molar-refractivity contribution in [3.05, 3.63) is 56.6 Å². The third-order valence-electron chi connectivity index (χ3n) is 2.54. The van der Waals surface area contributed by atoms with E-state index in [2.05, 4.69) is 42.3 Å². The molecule has 0 unspecified atom stereocenters. The van der Waals surface area contributed by atoms with E-state index in [0.29, 0.717) is 5.56 Å². The van der Waals surface area contributed by atoms with Gasteiger partial charge in [-0.1, -0.05) is 22.0 Å². The van der Waals surface area contributed by atoms with Crippen LogP contribution in [-0.4, -0.2) is 10.9 Å². The summed E-state index contributed by atoms with van der Waals surface area (Å²) in [7, 11) is 0. The first kappa shape index (κ1) is 15.5. The maximum absolute atomic E-state index is 11.4. The first-order chi connectivity index (χ1) is 9.61. The number of nitrogens with one attached hydrogen (secondary N) is 1. The Balaban J connectivity index is 2.11. The van der Waals surface area contributed by atoms with Crippen molar-refractivity contribution in [1.82, 2.24) is 10.4 Å². The molecule has 104 valence electrons. The molecule has 20 heavy (non-hydrogen) atoms. The molecule has 7 heteroatoms. The number of nitrogens with zero attached hydrogens (tertiary/aromatic N) is 1. The molecule has 2 aromatic rings. The summed E-state index contributed by atoms with van der Waals surface area (Å²) in [5.74, 6) is 5.55. The highest BCUT2D eigenvalue weighted by Gasteiger charge is 2.08. The number of hydrogen-bond acceptors (Lipinski definition) is 4. The van der Waals surface area contributed by atoms with Gasteiger partial charge in [-0.25, -0.2) is 10.8 Å². The number of thioether (sulfide) groups is 1. The van der Waals surface area contributed by atoms with Crippen molar-refractivity contribution in [2.75, 3.05) is 0 Å². The molecular weight excluding hydrogens is 406 g/mol. The van der Waals surface area contributed by atoms with Crippen molar-refractivity contribution >= 4 is 49.5 Å². The fourth-order valence-corrected chi connectivity index (χ4v) is 3.70. The van der Waals surface area contributed by atoms with Gasteiger partial charge in [-0.15, -0.1) is 11.8 Å². The summed E-state index contributed by atoms with van der Waals surface area (Å²) in [6.07, 6.45) is 1.76. The quantitative estimate of drug-likeness (QED) is 0.346. The van der Waals surface area contributed by atoms with Gasteiger partial charge in [-0.2, -0.15) is 0 Å². The number of hydrogen-bond donors (Lipinski definition) is 2. The monoisotopic (exact) mass is 415 g/mol.